The van der Waals surface area contributed by atoms with Crippen LogP contribution in [-0.2, 0) is 5.41 Å². The molecule has 0 spiro atoms. The summed E-state index contributed by atoms with van der Waals surface area (Å²) >= 11 is 15.8. The maximum Gasteiger partial charge on any atom is 0.0629 e. The molecule has 0 aliphatic carbocycles. The van der Waals surface area contributed by atoms with E-state index in [2.05, 4.69) is 36.7 Å². The first-order valence-electron chi connectivity index (χ1n) is 4.93. The summed E-state index contributed by atoms with van der Waals surface area (Å²) in [4.78, 5) is 0.461. The van der Waals surface area contributed by atoms with Crippen LogP contribution >= 0.6 is 39.1 Å². The molecule has 0 bridgehead atoms. The normalized spacial score (nSPS) is 14.0. The Morgan fingerprint density at radius 3 is 2.47 bits per heavy atom. The lowest BCUT2D eigenvalue weighted by molar-refractivity contribution is 0.482. The van der Waals surface area contributed by atoms with Crippen LogP contribution in [-0.4, -0.2) is 4.83 Å². The number of alkyl halides is 1. The van der Waals surface area contributed by atoms with E-state index in [0.29, 0.717) is 14.9 Å². The predicted octanol–water partition coefficient (Wildman–Crippen LogP) is 5.44. The van der Waals surface area contributed by atoms with Crippen molar-refractivity contribution in [3.63, 3.8) is 0 Å². The van der Waals surface area contributed by atoms with Crippen molar-refractivity contribution >= 4 is 39.1 Å². The third-order valence-electron chi connectivity index (χ3n) is 2.47. The van der Waals surface area contributed by atoms with Gasteiger partial charge in [0.05, 0.1) is 10.0 Å². The van der Waals surface area contributed by atoms with Gasteiger partial charge < -0.3 is 0 Å². The van der Waals surface area contributed by atoms with E-state index < -0.39 is 0 Å². The van der Waals surface area contributed by atoms with Gasteiger partial charge in [0.2, 0.25) is 0 Å². The fourth-order valence-corrected chi connectivity index (χ4v) is 3.21. The SMILES string of the molecule is CC(Br)CC(C)(C)c1cccc(Cl)c1Cl. The molecule has 84 valence electrons. The van der Waals surface area contributed by atoms with Crippen LogP contribution in [0.15, 0.2) is 18.2 Å². The summed E-state index contributed by atoms with van der Waals surface area (Å²) in [5.74, 6) is 0. The standard InChI is InChI=1S/C12H15BrCl2/c1-8(13)7-12(2,3)9-5-4-6-10(14)11(9)15/h4-6,8H,7H2,1-3H3. The molecule has 0 nitrogen and oxygen atoms in total. The molecule has 0 saturated carbocycles. The van der Waals surface area contributed by atoms with E-state index in [0.717, 1.165) is 12.0 Å². The quantitative estimate of drug-likeness (QED) is 0.652. The second kappa shape index (κ2) is 5.07. The van der Waals surface area contributed by atoms with E-state index in [1.807, 2.05) is 18.2 Å². The van der Waals surface area contributed by atoms with Crippen LogP contribution in [0.2, 0.25) is 10.0 Å². The summed E-state index contributed by atoms with van der Waals surface area (Å²) in [6.45, 7) is 6.50. The number of hydrogen-bond acceptors (Lipinski definition) is 0. The van der Waals surface area contributed by atoms with E-state index in [1.54, 1.807) is 0 Å². The number of benzene rings is 1. The molecule has 1 aromatic carbocycles. The summed E-state index contributed by atoms with van der Waals surface area (Å²) in [7, 11) is 0. The number of hydrogen-bond donors (Lipinski definition) is 0. The van der Waals surface area contributed by atoms with E-state index in [4.69, 9.17) is 23.2 Å². The Morgan fingerprint density at radius 2 is 1.93 bits per heavy atom. The summed E-state index contributed by atoms with van der Waals surface area (Å²) in [6, 6.07) is 5.81. The molecule has 0 amide bonds. The third kappa shape index (κ3) is 3.37. The first-order chi connectivity index (χ1) is 6.84. The van der Waals surface area contributed by atoms with Crippen LogP contribution in [0.3, 0.4) is 0 Å². The highest BCUT2D eigenvalue weighted by Crippen LogP contribution is 2.37. The van der Waals surface area contributed by atoms with Crippen molar-refractivity contribution in [3.05, 3.63) is 33.8 Å². The fourth-order valence-electron chi connectivity index (χ4n) is 1.84. The van der Waals surface area contributed by atoms with Gasteiger partial charge in [-0.1, -0.05) is 72.0 Å². The van der Waals surface area contributed by atoms with E-state index in [-0.39, 0.29) is 5.41 Å². The Bertz CT molecular complexity index is 345. The van der Waals surface area contributed by atoms with Gasteiger partial charge >= 0.3 is 0 Å². The second-order valence-corrected chi connectivity index (χ2v) is 6.82. The minimum atomic E-state index is 0.0326. The van der Waals surface area contributed by atoms with Gasteiger partial charge in [0.15, 0.2) is 0 Å². The molecule has 0 saturated heterocycles. The van der Waals surface area contributed by atoms with E-state index >= 15 is 0 Å². The monoisotopic (exact) mass is 308 g/mol. The Hall–Kier alpha value is 0.280. The zero-order valence-corrected chi connectivity index (χ0v) is 12.2. The van der Waals surface area contributed by atoms with Gasteiger partial charge in [0, 0.05) is 4.83 Å². The van der Waals surface area contributed by atoms with Crippen molar-refractivity contribution in [3.8, 4) is 0 Å². The largest absolute Gasteiger partial charge is 0.0893 e. The lowest BCUT2D eigenvalue weighted by atomic mass is 9.81. The summed E-state index contributed by atoms with van der Waals surface area (Å²) in [5.41, 5.74) is 1.15. The van der Waals surface area contributed by atoms with E-state index in [9.17, 15) is 0 Å². The maximum absolute atomic E-state index is 6.21. The lowest BCUT2D eigenvalue weighted by Crippen LogP contribution is -2.21. The molecule has 0 fully saturated rings. The molecule has 0 radical (unpaired) electrons. The van der Waals surface area contributed by atoms with Gasteiger partial charge in [0.1, 0.15) is 0 Å². The molecule has 0 heterocycles. The molecule has 1 atom stereocenters. The van der Waals surface area contributed by atoms with Gasteiger partial charge in [0.25, 0.3) is 0 Å². The molecule has 0 aliphatic heterocycles. The minimum absolute atomic E-state index is 0.0326. The van der Waals surface area contributed by atoms with Crippen LogP contribution in [0.4, 0.5) is 0 Å². The highest BCUT2D eigenvalue weighted by molar-refractivity contribution is 9.09. The van der Waals surface area contributed by atoms with Crippen LogP contribution < -0.4 is 0 Å². The fraction of sp³-hybridized carbons (Fsp3) is 0.500. The number of rotatable bonds is 3. The Kier molecular flexibility index (Phi) is 4.51. The van der Waals surface area contributed by atoms with Crippen LogP contribution in [0, 0.1) is 0 Å². The topological polar surface area (TPSA) is 0 Å². The Morgan fingerprint density at radius 1 is 1.33 bits per heavy atom. The highest BCUT2D eigenvalue weighted by Gasteiger charge is 2.25. The van der Waals surface area contributed by atoms with Crippen molar-refractivity contribution in [2.24, 2.45) is 0 Å². The van der Waals surface area contributed by atoms with Crippen LogP contribution in [0.25, 0.3) is 0 Å². The molecular weight excluding hydrogens is 295 g/mol. The van der Waals surface area contributed by atoms with Crippen molar-refractivity contribution < 1.29 is 0 Å². The summed E-state index contributed by atoms with van der Waals surface area (Å²) in [6.07, 6.45) is 1.02. The predicted molar refractivity (Wildman–Crippen MR) is 72.5 cm³/mol. The Labute approximate surface area is 110 Å². The molecule has 3 heteroatoms. The van der Waals surface area contributed by atoms with E-state index in [1.165, 1.54) is 0 Å². The number of halogens is 3. The molecule has 0 N–H and O–H groups in total. The summed E-state index contributed by atoms with van der Waals surface area (Å²) in [5, 5.41) is 1.31. The average molecular weight is 310 g/mol. The third-order valence-corrected chi connectivity index (χ3v) is 3.61. The molecule has 1 unspecified atom stereocenters. The smallest absolute Gasteiger partial charge is 0.0629 e. The molecule has 1 rings (SSSR count). The van der Waals surface area contributed by atoms with Crippen molar-refractivity contribution in [1.82, 2.24) is 0 Å². The van der Waals surface area contributed by atoms with Gasteiger partial charge in [-0.05, 0) is 23.5 Å². The van der Waals surface area contributed by atoms with Crippen molar-refractivity contribution in [1.29, 1.82) is 0 Å². The van der Waals surface area contributed by atoms with Gasteiger partial charge in [-0.15, -0.1) is 0 Å². The first-order valence-corrected chi connectivity index (χ1v) is 6.60. The molecule has 15 heavy (non-hydrogen) atoms. The van der Waals surface area contributed by atoms with Crippen LogP contribution in [0.1, 0.15) is 32.8 Å². The van der Waals surface area contributed by atoms with Gasteiger partial charge in [-0.25, -0.2) is 0 Å². The molecule has 1 aromatic rings. The van der Waals surface area contributed by atoms with Crippen molar-refractivity contribution in [2.45, 2.75) is 37.4 Å². The van der Waals surface area contributed by atoms with Gasteiger partial charge in [-0.3, -0.25) is 0 Å². The molecule has 0 aromatic heterocycles. The highest BCUT2D eigenvalue weighted by atomic mass is 79.9. The van der Waals surface area contributed by atoms with Crippen molar-refractivity contribution in [2.75, 3.05) is 0 Å². The lowest BCUT2D eigenvalue weighted by Gasteiger charge is -2.28. The first kappa shape index (κ1) is 13.3. The zero-order chi connectivity index (χ0) is 11.6. The maximum atomic E-state index is 6.21. The minimum Gasteiger partial charge on any atom is -0.0893 e. The van der Waals surface area contributed by atoms with Crippen LogP contribution in [0.5, 0.6) is 0 Å². The van der Waals surface area contributed by atoms with Gasteiger partial charge in [-0.2, -0.15) is 0 Å². The average Bonchev–Trinajstić information content (AvgIpc) is 2.07. The Balaban J connectivity index is 3.09. The summed E-state index contributed by atoms with van der Waals surface area (Å²) < 4.78 is 0. The molecule has 0 aliphatic rings. The zero-order valence-electron chi connectivity index (χ0n) is 9.15. The second-order valence-electron chi connectivity index (χ2n) is 4.47. The molecular formula is C12H15BrCl2.